The van der Waals surface area contributed by atoms with Crippen LogP contribution in [0, 0.1) is 0 Å². The minimum absolute atomic E-state index is 0.0744. The first kappa shape index (κ1) is 14.1. The predicted molar refractivity (Wildman–Crippen MR) is 83.9 cm³/mol. The number of nitrogens with two attached hydrogens (primary N) is 1. The second-order valence-electron chi connectivity index (χ2n) is 5.87. The number of carbonyl (C=O) groups is 1. The highest BCUT2D eigenvalue weighted by Gasteiger charge is 2.21. The number of nitrogens with one attached hydrogen (secondary N) is 1. The minimum atomic E-state index is -0.0969. The molecule has 0 aliphatic heterocycles. The van der Waals surface area contributed by atoms with E-state index in [1.165, 1.54) is 0 Å². The number of benzene rings is 2. The lowest BCUT2D eigenvalue weighted by atomic mass is 9.83. The van der Waals surface area contributed by atoms with Crippen LogP contribution in [0.15, 0.2) is 48.5 Å². The van der Waals surface area contributed by atoms with Crippen LogP contribution in [-0.4, -0.2) is 5.91 Å². The van der Waals surface area contributed by atoms with E-state index < -0.39 is 0 Å². The van der Waals surface area contributed by atoms with Gasteiger partial charge in [-0.2, -0.15) is 0 Å². The molecule has 20 heavy (non-hydrogen) atoms. The van der Waals surface area contributed by atoms with Crippen LogP contribution in [-0.2, 0) is 5.41 Å². The molecule has 0 bridgehead atoms. The van der Waals surface area contributed by atoms with Crippen LogP contribution < -0.4 is 11.1 Å². The molecule has 0 radical (unpaired) electrons. The van der Waals surface area contributed by atoms with Gasteiger partial charge in [0.05, 0.1) is 0 Å². The summed E-state index contributed by atoms with van der Waals surface area (Å²) < 4.78 is 0. The zero-order valence-electron chi connectivity index (χ0n) is 12.1. The van der Waals surface area contributed by atoms with Gasteiger partial charge in [-0.25, -0.2) is 0 Å². The maximum Gasteiger partial charge on any atom is 0.255 e. The highest BCUT2D eigenvalue weighted by molar-refractivity contribution is 6.05. The fourth-order valence-electron chi connectivity index (χ4n) is 2.10. The van der Waals surface area contributed by atoms with Gasteiger partial charge in [-0.05, 0) is 41.3 Å². The molecule has 104 valence electrons. The lowest BCUT2D eigenvalue weighted by Gasteiger charge is -2.22. The highest BCUT2D eigenvalue weighted by atomic mass is 16.1. The van der Waals surface area contributed by atoms with E-state index in [2.05, 4.69) is 26.1 Å². The van der Waals surface area contributed by atoms with Gasteiger partial charge in [0, 0.05) is 16.9 Å². The summed E-state index contributed by atoms with van der Waals surface area (Å²) >= 11 is 0. The molecule has 2 rings (SSSR count). The van der Waals surface area contributed by atoms with Crippen molar-refractivity contribution in [3.05, 3.63) is 59.7 Å². The normalized spacial score (nSPS) is 11.2. The standard InChI is InChI=1S/C17H20N2O/c1-17(2,3)15-7-5-4-6-14(15)16(20)19-13-10-8-12(18)9-11-13/h4-11H,18H2,1-3H3,(H,19,20). The zero-order chi connectivity index (χ0) is 14.8. The average molecular weight is 268 g/mol. The summed E-state index contributed by atoms with van der Waals surface area (Å²) in [7, 11) is 0. The van der Waals surface area contributed by atoms with Crippen molar-refractivity contribution >= 4 is 17.3 Å². The van der Waals surface area contributed by atoms with Crippen molar-refractivity contribution in [3.63, 3.8) is 0 Å². The maximum atomic E-state index is 12.4. The Morgan fingerprint density at radius 2 is 1.60 bits per heavy atom. The molecule has 3 heteroatoms. The fourth-order valence-corrected chi connectivity index (χ4v) is 2.10. The summed E-state index contributed by atoms with van der Waals surface area (Å²) in [6.07, 6.45) is 0. The highest BCUT2D eigenvalue weighted by Crippen LogP contribution is 2.26. The smallest absolute Gasteiger partial charge is 0.255 e. The van der Waals surface area contributed by atoms with E-state index in [1.807, 2.05) is 24.3 Å². The Bertz CT molecular complexity index is 610. The average Bonchev–Trinajstić information content (AvgIpc) is 2.40. The molecular formula is C17H20N2O. The Labute approximate surface area is 119 Å². The number of rotatable bonds is 2. The van der Waals surface area contributed by atoms with Gasteiger partial charge in [0.15, 0.2) is 0 Å². The molecule has 0 saturated carbocycles. The first-order valence-corrected chi connectivity index (χ1v) is 6.64. The molecule has 0 heterocycles. The largest absolute Gasteiger partial charge is 0.399 e. The topological polar surface area (TPSA) is 55.1 Å². The third kappa shape index (κ3) is 3.18. The Hall–Kier alpha value is -2.29. The van der Waals surface area contributed by atoms with Crippen LogP contribution in [0.1, 0.15) is 36.7 Å². The van der Waals surface area contributed by atoms with Crippen LogP contribution >= 0.6 is 0 Å². The summed E-state index contributed by atoms with van der Waals surface area (Å²) in [4.78, 5) is 12.4. The van der Waals surface area contributed by atoms with E-state index in [0.29, 0.717) is 11.3 Å². The molecule has 2 aromatic carbocycles. The van der Waals surface area contributed by atoms with Gasteiger partial charge in [0.1, 0.15) is 0 Å². The summed E-state index contributed by atoms with van der Waals surface area (Å²) in [5.74, 6) is -0.0969. The molecular weight excluding hydrogens is 248 g/mol. The first-order chi connectivity index (χ1) is 9.38. The molecule has 3 N–H and O–H groups in total. The molecule has 0 unspecified atom stereocenters. The quantitative estimate of drug-likeness (QED) is 0.813. The SMILES string of the molecule is CC(C)(C)c1ccccc1C(=O)Nc1ccc(N)cc1. The Kier molecular flexibility index (Phi) is 3.79. The number of amides is 1. The van der Waals surface area contributed by atoms with Crippen molar-refractivity contribution in [2.75, 3.05) is 11.1 Å². The summed E-state index contributed by atoms with van der Waals surface area (Å²) in [6, 6.07) is 14.8. The Morgan fingerprint density at radius 1 is 1.00 bits per heavy atom. The second kappa shape index (κ2) is 5.37. The lowest BCUT2D eigenvalue weighted by Crippen LogP contribution is -2.20. The first-order valence-electron chi connectivity index (χ1n) is 6.64. The number of carbonyl (C=O) groups excluding carboxylic acids is 1. The van der Waals surface area contributed by atoms with E-state index in [9.17, 15) is 4.79 Å². The van der Waals surface area contributed by atoms with Crippen molar-refractivity contribution in [1.82, 2.24) is 0 Å². The molecule has 2 aromatic rings. The van der Waals surface area contributed by atoms with Crippen LogP contribution in [0.2, 0.25) is 0 Å². The number of nitrogen functional groups attached to an aromatic ring is 1. The predicted octanol–water partition coefficient (Wildman–Crippen LogP) is 3.82. The van der Waals surface area contributed by atoms with E-state index in [0.717, 1.165) is 11.3 Å². The van der Waals surface area contributed by atoms with Crippen LogP contribution in [0.25, 0.3) is 0 Å². The second-order valence-corrected chi connectivity index (χ2v) is 5.87. The maximum absolute atomic E-state index is 12.4. The summed E-state index contributed by atoms with van der Waals surface area (Å²) in [5.41, 5.74) is 8.73. The van der Waals surface area contributed by atoms with Crippen molar-refractivity contribution in [2.45, 2.75) is 26.2 Å². The zero-order valence-corrected chi connectivity index (χ0v) is 12.1. The summed E-state index contributed by atoms with van der Waals surface area (Å²) in [5, 5.41) is 2.90. The molecule has 0 aromatic heterocycles. The number of hydrogen-bond acceptors (Lipinski definition) is 2. The molecule has 0 spiro atoms. The van der Waals surface area contributed by atoms with E-state index in [1.54, 1.807) is 24.3 Å². The van der Waals surface area contributed by atoms with Crippen molar-refractivity contribution < 1.29 is 4.79 Å². The third-order valence-electron chi connectivity index (χ3n) is 3.15. The Morgan fingerprint density at radius 3 is 2.20 bits per heavy atom. The van der Waals surface area contributed by atoms with Gasteiger partial charge in [0.2, 0.25) is 0 Å². The van der Waals surface area contributed by atoms with Gasteiger partial charge < -0.3 is 11.1 Å². The fraction of sp³-hybridized carbons (Fsp3) is 0.235. The van der Waals surface area contributed by atoms with Gasteiger partial charge in [-0.3, -0.25) is 4.79 Å². The third-order valence-corrected chi connectivity index (χ3v) is 3.15. The van der Waals surface area contributed by atoms with E-state index in [-0.39, 0.29) is 11.3 Å². The van der Waals surface area contributed by atoms with Gasteiger partial charge in [0.25, 0.3) is 5.91 Å². The van der Waals surface area contributed by atoms with Crippen LogP contribution in [0.3, 0.4) is 0 Å². The van der Waals surface area contributed by atoms with Crippen LogP contribution in [0.4, 0.5) is 11.4 Å². The van der Waals surface area contributed by atoms with Gasteiger partial charge in [-0.1, -0.05) is 39.0 Å². The number of hydrogen-bond donors (Lipinski definition) is 2. The molecule has 0 aliphatic carbocycles. The Balaban J connectivity index is 2.28. The molecule has 3 nitrogen and oxygen atoms in total. The molecule has 0 atom stereocenters. The lowest BCUT2D eigenvalue weighted by molar-refractivity contribution is 0.102. The minimum Gasteiger partial charge on any atom is -0.399 e. The summed E-state index contributed by atoms with van der Waals surface area (Å²) in [6.45, 7) is 6.30. The van der Waals surface area contributed by atoms with Gasteiger partial charge >= 0.3 is 0 Å². The van der Waals surface area contributed by atoms with Crippen LogP contribution in [0.5, 0.6) is 0 Å². The monoisotopic (exact) mass is 268 g/mol. The van der Waals surface area contributed by atoms with Crippen molar-refractivity contribution in [2.24, 2.45) is 0 Å². The van der Waals surface area contributed by atoms with E-state index >= 15 is 0 Å². The molecule has 0 saturated heterocycles. The molecule has 0 aliphatic rings. The van der Waals surface area contributed by atoms with Crippen molar-refractivity contribution in [1.29, 1.82) is 0 Å². The van der Waals surface area contributed by atoms with E-state index in [4.69, 9.17) is 5.73 Å². The van der Waals surface area contributed by atoms with Gasteiger partial charge in [-0.15, -0.1) is 0 Å². The molecule has 0 fully saturated rings. The van der Waals surface area contributed by atoms with Crippen molar-refractivity contribution in [3.8, 4) is 0 Å². The molecule has 1 amide bonds. The number of anilines is 2.